The van der Waals surface area contributed by atoms with Crippen LogP contribution in [0.4, 0.5) is 0 Å². The molecule has 0 aliphatic heterocycles. The number of hydrogen-bond donors (Lipinski definition) is 0. The lowest BCUT2D eigenvalue weighted by atomic mass is 10.1. The van der Waals surface area contributed by atoms with Gasteiger partial charge in [-0.2, -0.15) is 10.5 Å². The van der Waals surface area contributed by atoms with Crippen LogP contribution in [0.25, 0.3) is 12.2 Å². The van der Waals surface area contributed by atoms with Gasteiger partial charge in [-0.15, -0.1) is 0 Å². The molecule has 0 amide bonds. The lowest BCUT2D eigenvalue weighted by Gasteiger charge is -1.98. The van der Waals surface area contributed by atoms with Crippen molar-refractivity contribution in [2.24, 2.45) is 0 Å². The maximum absolute atomic E-state index is 12.2. The zero-order valence-electron chi connectivity index (χ0n) is 15.5. The quantitative estimate of drug-likeness (QED) is 0.584. The summed E-state index contributed by atoms with van der Waals surface area (Å²) < 4.78 is 24.4. The molecule has 2 aromatic rings. The molecule has 2 rings (SSSR count). The Balaban J connectivity index is 2.10. The van der Waals surface area contributed by atoms with Crippen molar-refractivity contribution in [2.75, 3.05) is 11.5 Å². The molecule has 0 unspecified atom stereocenters. The number of nitriles is 2. The highest BCUT2D eigenvalue weighted by atomic mass is 32.2. The molecule has 0 spiro atoms. The second-order valence-corrected chi connectivity index (χ2v) is 7.80. The Bertz CT molecular complexity index is 1160. The summed E-state index contributed by atoms with van der Waals surface area (Å²) in [6.45, 7) is 0. The van der Waals surface area contributed by atoms with Crippen LogP contribution in [0.2, 0.25) is 0 Å². The van der Waals surface area contributed by atoms with Gasteiger partial charge in [-0.25, -0.2) is 8.42 Å². The molecule has 4 nitrogen and oxygen atoms in total. The Morgan fingerprint density at radius 1 is 0.724 bits per heavy atom. The first kappa shape index (κ1) is 21.3. The Morgan fingerprint density at radius 3 is 1.55 bits per heavy atom. The van der Waals surface area contributed by atoms with Crippen molar-refractivity contribution in [2.45, 2.75) is 0 Å². The average molecular weight is 396 g/mol. The molecule has 0 bridgehead atoms. The van der Waals surface area contributed by atoms with E-state index in [1.165, 1.54) is 12.2 Å². The maximum atomic E-state index is 12.2. The Hall–Kier alpha value is -4.03. The van der Waals surface area contributed by atoms with Gasteiger partial charge in [0.2, 0.25) is 0 Å². The third-order valence-corrected chi connectivity index (χ3v) is 4.80. The lowest BCUT2D eigenvalue weighted by Crippen LogP contribution is -2.08. The highest BCUT2D eigenvalue weighted by Crippen LogP contribution is 2.10. The smallest absolute Gasteiger partial charge is 0.172 e. The summed E-state index contributed by atoms with van der Waals surface area (Å²) in [5.41, 5.74) is 2.80. The number of sulfone groups is 1. The minimum absolute atomic E-state index is 0.312. The van der Waals surface area contributed by atoms with Crippen LogP contribution >= 0.6 is 0 Å². The van der Waals surface area contributed by atoms with Crippen molar-refractivity contribution in [3.8, 4) is 35.8 Å². The number of allylic oxidation sites excluding steroid dienone is 2. The van der Waals surface area contributed by atoms with E-state index in [1.54, 1.807) is 48.6 Å². The summed E-state index contributed by atoms with van der Waals surface area (Å²) in [6.07, 6.45) is 5.94. The highest BCUT2D eigenvalue weighted by molar-refractivity contribution is 7.91. The van der Waals surface area contributed by atoms with E-state index in [1.807, 2.05) is 24.3 Å². The topological polar surface area (TPSA) is 81.7 Å². The second kappa shape index (κ2) is 11.0. The van der Waals surface area contributed by atoms with E-state index >= 15 is 0 Å². The molecule has 0 aliphatic carbocycles. The van der Waals surface area contributed by atoms with Gasteiger partial charge in [0, 0.05) is 23.3 Å². The van der Waals surface area contributed by atoms with Crippen molar-refractivity contribution in [1.82, 2.24) is 0 Å². The van der Waals surface area contributed by atoms with Crippen LogP contribution in [-0.4, -0.2) is 19.9 Å². The number of hydrogen-bond acceptors (Lipinski definition) is 4. The van der Waals surface area contributed by atoms with Crippen LogP contribution in [0.15, 0.2) is 60.7 Å². The summed E-state index contributed by atoms with van der Waals surface area (Å²) in [7, 11) is -3.47. The van der Waals surface area contributed by atoms with E-state index in [4.69, 9.17) is 10.5 Å². The van der Waals surface area contributed by atoms with Gasteiger partial charge in [0.1, 0.15) is 11.5 Å². The molecule has 0 radical (unpaired) electrons. The normalized spacial score (nSPS) is 10.4. The van der Waals surface area contributed by atoms with E-state index in [2.05, 4.69) is 23.7 Å². The third-order valence-electron chi connectivity index (χ3n) is 3.63. The molecule has 0 heterocycles. The van der Waals surface area contributed by atoms with Crippen molar-refractivity contribution >= 4 is 22.0 Å². The van der Waals surface area contributed by atoms with Crippen LogP contribution < -0.4 is 0 Å². The summed E-state index contributed by atoms with van der Waals surface area (Å²) in [5.74, 6) is 10.4. The molecule has 0 fully saturated rings. The predicted molar refractivity (Wildman–Crippen MR) is 115 cm³/mol. The molecule has 140 valence electrons. The average Bonchev–Trinajstić information content (AvgIpc) is 2.72. The van der Waals surface area contributed by atoms with Crippen molar-refractivity contribution in [3.05, 3.63) is 82.9 Å². The summed E-state index contributed by atoms with van der Waals surface area (Å²) in [4.78, 5) is 0. The zero-order valence-corrected chi connectivity index (χ0v) is 16.3. The molecule has 0 atom stereocenters. The summed E-state index contributed by atoms with van der Waals surface area (Å²) >= 11 is 0. The molecule has 2 aromatic carbocycles. The van der Waals surface area contributed by atoms with Gasteiger partial charge in [-0.1, -0.05) is 60.1 Å². The number of rotatable bonds is 4. The van der Waals surface area contributed by atoms with Crippen LogP contribution in [0.5, 0.6) is 0 Å². The molecule has 0 aliphatic rings. The van der Waals surface area contributed by atoms with Gasteiger partial charge < -0.3 is 0 Å². The van der Waals surface area contributed by atoms with Gasteiger partial charge in [0.15, 0.2) is 9.84 Å². The Kier molecular flexibility index (Phi) is 8.04. The van der Waals surface area contributed by atoms with E-state index in [0.29, 0.717) is 11.1 Å². The van der Waals surface area contributed by atoms with Crippen molar-refractivity contribution in [3.63, 3.8) is 0 Å². The standard InChI is InChI=1S/C24H16N2O2S/c25-17-5-13-21-9-1-3-11-23(21)15-7-19-29(27,28)20-8-16-24-12-4-2-10-22(24)14-6-18-26/h1-6,9-14H,19-20H2/b13-5+,14-6+. The first-order valence-electron chi connectivity index (χ1n) is 8.54. The van der Waals surface area contributed by atoms with E-state index < -0.39 is 9.84 Å². The predicted octanol–water partition coefficient (Wildman–Crippen LogP) is 3.58. The molecule has 29 heavy (non-hydrogen) atoms. The first-order valence-corrected chi connectivity index (χ1v) is 10.4. The van der Waals surface area contributed by atoms with Crippen LogP contribution in [-0.2, 0) is 9.84 Å². The van der Waals surface area contributed by atoms with Crippen LogP contribution in [0, 0.1) is 46.3 Å². The minimum atomic E-state index is -3.47. The van der Waals surface area contributed by atoms with Gasteiger partial charge in [-0.05, 0) is 35.4 Å². The fourth-order valence-corrected chi connectivity index (χ4v) is 2.99. The van der Waals surface area contributed by atoms with Gasteiger partial charge in [0.25, 0.3) is 0 Å². The van der Waals surface area contributed by atoms with Crippen molar-refractivity contribution in [1.29, 1.82) is 10.5 Å². The fraction of sp³-hybridized carbons (Fsp3) is 0.0833. The number of benzene rings is 2. The molecular weight excluding hydrogens is 380 g/mol. The zero-order chi connectivity index (χ0) is 21.0. The monoisotopic (exact) mass is 396 g/mol. The van der Waals surface area contributed by atoms with Gasteiger partial charge in [0.05, 0.1) is 12.1 Å². The molecule has 0 saturated heterocycles. The van der Waals surface area contributed by atoms with Gasteiger partial charge >= 0.3 is 0 Å². The van der Waals surface area contributed by atoms with E-state index in [0.717, 1.165) is 11.1 Å². The molecule has 0 aromatic heterocycles. The molecule has 5 heteroatoms. The van der Waals surface area contributed by atoms with Gasteiger partial charge in [-0.3, -0.25) is 0 Å². The van der Waals surface area contributed by atoms with Crippen molar-refractivity contribution < 1.29 is 8.42 Å². The fourth-order valence-electron chi connectivity index (χ4n) is 2.30. The largest absolute Gasteiger partial charge is 0.227 e. The van der Waals surface area contributed by atoms with Crippen LogP contribution in [0.1, 0.15) is 22.3 Å². The highest BCUT2D eigenvalue weighted by Gasteiger charge is 2.06. The summed E-state index contributed by atoms with van der Waals surface area (Å²) in [5, 5.41) is 17.3. The lowest BCUT2D eigenvalue weighted by molar-refractivity contribution is 0.603. The summed E-state index contributed by atoms with van der Waals surface area (Å²) in [6, 6.07) is 18.2. The molecular formula is C24H16N2O2S. The maximum Gasteiger partial charge on any atom is 0.172 e. The minimum Gasteiger partial charge on any atom is -0.227 e. The van der Waals surface area contributed by atoms with E-state index in [9.17, 15) is 8.42 Å². The Morgan fingerprint density at radius 2 is 1.14 bits per heavy atom. The third kappa shape index (κ3) is 7.24. The second-order valence-electron chi connectivity index (χ2n) is 5.74. The van der Waals surface area contributed by atoms with Crippen LogP contribution in [0.3, 0.4) is 0 Å². The Labute approximate surface area is 171 Å². The SMILES string of the molecule is N#C/C=C/c1ccccc1C#CCS(=O)(=O)CC#Cc1ccccc1/C=C/C#N. The number of nitrogens with zero attached hydrogens (tertiary/aromatic N) is 2. The first-order chi connectivity index (χ1) is 14.1. The molecule has 0 saturated carbocycles. The molecule has 0 N–H and O–H groups in total. The van der Waals surface area contributed by atoms with E-state index in [-0.39, 0.29) is 11.5 Å².